The molecule has 146 valence electrons. The van der Waals surface area contributed by atoms with Gasteiger partial charge in [-0.2, -0.15) is 0 Å². The van der Waals surface area contributed by atoms with Crippen LogP contribution in [0.15, 0.2) is 41.5 Å². The minimum Gasteiger partial charge on any atom is -0.458 e. The Morgan fingerprint density at radius 1 is 1.11 bits per heavy atom. The molecule has 0 spiro atoms. The van der Waals surface area contributed by atoms with Gasteiger partial charge in [-0.25, -0.2) is 9.18 Å². The van der Waals surface area contributed by atoms with Gasteiger partial charge in [-0.1, -0.05) is 12.1 Å². The van der Waals surface area contributed by atoms with Crippen molar-refractivity contribution in [1.29, 1.82) is 0 Å². The molecule has 0 saturated heterocycles. The number of hydrogen-bond acceptors (Lipinski definition) is 4. The Labute approximate surface area is 158 Å². The summed E-state index contributed by atoms with van der Waals surface area (Å²) in [6, 6.07) is 5.49. The Kier molecular flexibility index (Phi) is 5.61. The van der Waals surface area contributed by atoms with E-state index in [4.69, 9.17) is 4.74 Å². The first kappa shape index (κ1) is 20.8. The van der Waals surface area contributed by atoms with Gasteiger partial charge < -0.3 is 14.4 Å². The van der Waals surface area contributed by atoms with Crippen molar-refractivity contribution in [2.75, 3.05) is 0 Å². The molecule has 2 aromatic rings. The number of aliphatic hydroxyl groups excluding tert-OH is 1. The fourth-order valence-corrected chi connectivity index (χ4v) is 2.56. The van der Waals surface area contributed by atoms with Gasteiger partial charge in [-0.05, 0) is 59.2 Å². The van der Waals surface area contributed by atoms with Crippen LogP contribution in [0, 0.1) is 5.82 Å². The van der Waals surface area contributed by atoms with Gasteiger partial charge in [0.2, 0.25) is 0 Å². The SMILES string of the molecule is CC(O)c1cn(C(C)(C)C(=O)OC(C)(C)C)cc(-c2ccc(F)cc2)c1=O. The van der Waals surface area contributed by atoms with E-state index in [1.807, 2.05) is 0 Å². The second kappa shape index (κ2) is 7.27. The quantitative estimate of drug-likeness (QED) is 0.826. The Balaban J connectivity index is 2.65. The largest absolute Gasteiger partial charge is 0.458 e. The predicted molar refractivity (Wildman–Crippen MR) is 102 cm³/mol. The van der Waals surface area contributed by atoms with Crippen LogP contribution >= 0.6 is 0 Å². The molecular formula is C21H26FNO4. The highest BCUT2D eigenvalue weighted by Gasteiger charge is 2.34. The van der Waals surface area contributed by atoms with Crippen LogP contribution in [0.2, 0.25) is 0 Å². The molecule has 1 aromatic carbocycles. The summed E-state index contributed by atoms with van der Waals surface area (Å²) in [5.41, 5.74) is -1.25. The molecule has 0 radical (unpaired) electrons. The summed E-state index contributed by atoms with van der Waals surface area (Å²) in [7, 11) is 0. The molecule has 1 heterocycles. The number of carbonyl (C=O) groups is 1. The molecule has 2 rings (SSSR count). The summed E-state index contributed by atoms with van der Waals surface area (Å²) >= 11 is 0. The smallest absolute Gasteiger partial charge is 0.332 e. The molecule has 1 unspecified atom stereocenters. The molecule has 1 aromatic heterocycles. The molecule has 0 amide bonds. The van der Waals surface area contributed by atoms with Crippen LogP contribution in [0.1, 0.15) is 53.2 Å². The van der Waals surface area contributed by atoms with Crippen LogP contribution < -0.4 is 5.43 Å². The number of pyridine rings is 1. The fraction of sp³-hybridized carbons (Fsp3) is 0.429. The summed E-state index contributed by atoms with van der Waals surface area (Å²) < 4.78 is 20.3. The number of halogens is 1. The van der Waals surface area contributed by atoms with E-state index in [-0.39, 0.29) is 16.6 Å². The van der Waals surface area contributed by atoms with Crippen LogP contribution in [-0.2, 0) is 15.1 Å². The number of aromatic nitrogens is 1. The monoisotopic (exact) mass is 375 g/mol. The fourth-order valence-electron chi connectivity index (χ4n) is 2.56. The standard InChI is InChI=1S/C21H26FNO4/c1-13(24)16-11-23(21(5,6)19(26)27-20(2,3)4)12-17(18(16)25)14-7-9-15(22)10-8-14/h7-13,24H,1-6H3. The minimum atomic E-state index is -1.13. The van der Waals surface area contributed by atoms with Gasteiger partial charge in [0.15, 0.2) is 5.43 Å². The zero-order valence-corrected chi connectivity index (χ0v) is 16.5. The third-order valence-corrected chi connectivity index (χ3v) is 4.20. The van der Waals surface area contributed by atoms with E-state index < -0.39 is 29.0 Å². The molecule has 27 heavy (non-hydrogen) atoms. The zero-order valence-electron chi connectivity index (χ0n) is 16.5. The second-order valence-electron chi connectivity index (χ2n) is 8.11. The number of benzene rings is 1. The number of hydrogen-bond donors (Lipinski definition) is 1. The van der Waals surface area contributed by atoms with Crippen molar-refractivity contribution in [2.45, 2.75) is 58.8 Å². The predicted octanol–water partition coefficient (Wildman–Crippen LogP) is 3.78. The van der Waals surface area contributed by atoms with E-state index in [2.05, 4.69) is 0 Å². The van der Waals surface area contributed by atoms with Gasteiger partial charge >= 0.3 is 5.97 Å². The molecule has 6 heteroatoms. The van der Waals surface area contributed by atoms with E-state index in [1.165, 1.54) is 43.6 Å². The number of ether oxygens (including phenoxy) is 1. The maximum absolute atomic E-state index is 13.3. The number of nitrogens with zero attached hydrogens (tertiary/aromatic N) is 1. The first-order chi connectivity index (χ1) is 12.3. The Morgan fingerprint density at radius 2 is 1.67 bits per heavy atom. The van der Waals surface area contributed by atoms with Crippen LogP contribution in [-0.4, -0.2) is 21.2 Å². The highest BCUT2D eigenvalue weighted by Crippen LogP contribution is 2.25. The second-order valence-corrected chi connectivity index (χ2v) is 8.11. The van der Waals surface area contributed by atoms with Gasteiger partial charge in [0.1, 0.15) is 17.0 Å². The Bertz CT molecular complexity index is 890. The third-order valence-electron chi connectivity index (χ3n) is 4.20. The van der Waals surface area contributed by atoms with Gasteiger partial charge in [-0.3, -0.25) is 4.79 Å². The molecule has 0 aliphatic carbocycles. The Hall–Kier alpha value is -2.47. The summed E-state index contributed by atoms with van der Waals surface area (Å²) in [5.74, 6) is -0.889. The number of rotatable bonds is 4. The molecule has 0 saturated carbocycles. The highest BCUT2D eigenvalue weighted by molar-refractivity contribution is 5.78. The van der Waals surface area contributed by atoms with E-state index in [0.29, 0.717) is 5.56 Å². The minimum absolute atomic E-state index is 0.147. The van der Waals surface area contributed by atoms with E-state index in [1.54, 1.807) is 39.2 Å². The molecule has 1 atom stereocenters. The van der Waals surface area contributed by atoms with Crippen molar-refractivity contribution in [3.05, 3.63) is 58.3 Å². The van der Waals surface area contributed by atoms with Crippen LogP contribution in [0.5, 0.6) is 0 Å². The van der Waals surface area contributed by atoms with Gasteiger partial charge in [0.25, 0.3) is 0 Å². The average molecular weight is 375 g/mol. The van der Waals surface area contributed by atoms with Gasteiger partial charge in [-0.15, -0.1) is 0 Å². The molecule has 0 aliphatic heterocycles. The first-order valence-electron chi connectivity index (χ1n) is 8.77. The maximum Gasteiger partial charge on any atom is 0.332 e. The van der Waals surface area contributed by atoms with Crippen LogP contribution in [0.25, 0.3) is 11.1 Å². The molecule has 0 bridgehead atoms. The topological polar surface area (TPSA) is 68.5 Å². The van der Waals surface area contributed by atoms with E-state index in [9.17, 15) is 19.1 Å². The van der Waals surface area contributed by atoms with E-state index >= 15 is 0 Å². The maximum atomic E-state index is 13.3. The van der Waals surface area contributed by atoms with Crippen molar-refractivity contribution >= 4 is 5.97 Å². The number of carbonyl (C=O) groups excluding carboxylic acids is 1. The lowest BCUT2D eigenvalue weighted by Gasteiger charge is -2.31. The zero-order chi connectivity index (χ0) is 20.6. The van der Waals surface area contributed by atoms with Crippen LogP contribution in [0.4, 0.5) is 4.39 Å². The van der Waals surface area contributed by atoms with Crippen LogP contribution in [0.3, 0.4) is 0 Å². The lowest BCUT2D eigenvalue weighted by molar-refractivity contribution is -0.164. The summed E-state index contributed by atoms with van der Waals surface area (Å²) in [5, 5.41) is 10.0. The van der Waals surface area contributed by atoms with Crippen molar-refractivity contribution in [3.8, 4) is 11.1 Å². The summed E-state index contributed by atoms with van der Waals surface area (Å²) in [6.07, 6.45) is 1.97. The molecule has 0 fully saturated rings. The molecule has 1 N–H and O–H groups in total. The molecule has 5 nitrogen and oxygen atoms in total. The Morgan fingerprint density at radius 3 is 2.15 bits per heavy atom. The first-order valence-corrected chi connectivity index (χ1v) is 8.77. The average Bonchev–Trinajstić information content (AvgIpc) is 2.54. The van der Waals surface area contributed by atoms with Gasteiger partial charge in [0, 0.05) is 23.5 Å². The number of esters is 1. The normalized spacial score (nSPS) is 13.3. The van der Waals surface area contributed by atoms with Gasteiger partial charge in [0.05, 0.1) is 6.10 Å². The third kappa shape index (κ3) is 4.63. The number of aliphatic hydroxyl groups is 1. The van der Waals surface area contributed by atoms with E-state index in [0.717, 1.165) is 0 Å². The van der Waals surface area contributed by atoms with Crippen molar-refractivity contribution < 1.29 is 19.0 Å². The molecule has 0 aliphatic rings. The lowest BCUT2D eigenvalue weighted by atomic mass is 9.99. The lowest BCUT2D eigenvalue weighted by Crippen LogP contribution is -2.42. The van der Waals surface area contributed by atoms with Crippen molar-refractivity contribution in [1.82, 2.24) is 4.57 Å². The van der Waals surface area contributed by atoms with Crippen molar-refractivity contribution in [2.24, 2.45) is 0 Å². The van der Waals surface area contributed by atoms with Crippen molar-refractivity contribution in [3.63, 3.8) is 0 Å². The summed E-state index contributed by atoms with van der Waals surface area (Å²) in [4.78, 5) is 25.5. The molecular weight excluding hydrogens is 349 g/mol. The summed E-state index contributed by atoms with van der Waals surface area (Å²) in [6.45, 7) is 10.2. The highest BCUT2D eigenvalue weighted by atomic mass is 19.1.